The van der Waals surface area contributed by atoms with Gasteiger partial charge in [-0.2, -0.15) is 0 Å². The third-order valence-corrected chi connectivity index (χ3v) is 1.53. The second-order valence-corrected chi connectivity index (χ2v) is 2.58. The molecule has 0 N–H and O–H groups in total. The first-order valence-electron chi connectivity index (χ1n) is 3.88. The highest BCUT2D eigenvalue weighted by Gasteiger charge is 1.96. The molecule has 2 heteroatoms. The molecule has 0 heterocycles. The van der Waals surface area contributed by atoms with E-state index in [0.717, 1.165) is 13.2 Å². The molecule has 0 aromatic carbocycles. The Morgan fingerprint density at radius 1 is 0.933 bits per heavy atom. The molecule has 0 aliphatic carbocycles. The van der Waals surface area contributed by atoms with Gasteiger partial charge in [0.15, 0.2) is 0 Å². The maximum absolute atomic E-state index is 5.30. The molecular weight excluding hydrogens is 188 g/mol. The number of rotatable bonds is 6. The summed E-state index contributed by atoms with van der Waals surface area (Å²) in [6.07, 6.45) is 1.19. The van der Waals surface area contributed by atoms with Crippen LogP contribution in [0.5, 0.6) is 0 Å². The Labute approximate surface area is 100 Å². The first-order valence-corrected chi connectivity index (χ1v) is 3.88. The zero-order valence-corrected chi connectivity index (χ0v) is 7.22. The summed E-state index contributed by atoms with van der Waals surface area (Å²) in [6.45, 7) is 6.65. The molecule has 0 bridgehead atoms. The molecule has 2 nitrogen and oxygen atoms in total. The first kappa shape index (κ1) is 36.3. The van der Waals surface area contributed by atoms with Gasteiger partial charge in [-0.25, -0.2) is 0 Å². The van der Waals surface area contributed by atoms with Gasteiger partial charge in [0.2, 0.25) is 0 Å². The smallest absolute Gasteiger partial charge is 0.0700 e. The van der Waals surface area contributed by atoms with Gasteiger partial charge < -0.3 is 9.47 Å². The van der Waals surface area contributed by atoms with Gasteiger partial charge in [0.05, 0.1) is 13.2 Å². The Morgan fingerprint density at radius 2 is 1.40 bits per heavy atom. The maximum Gasteiger partial charge on any atom is 0.0700 e. The number of ether oxygens (including phenoxy) is 2. The lowest BCUT2D eigenvalue weighted by molar-refractivity contribution is 0.0538. The van der Waals surface area contributed by atoms with Crippen LogP contribution in [0, 0.1) is 5.92 Å². The molecule has 0 aliphatic heterocycles. The Balaban J connectivity index is -0.0000000405. The fourth-order valence-corrected chi connectivity index (χ4v) is 0.545. The molecule has 15 heavy (non-hydrogen) atoms. The van der Waals surface area contributed by atoms with Crippen LogP contribution in [0.1, 0.15) is 57.4 Å². The van der Waals surface area contributed by atoms with Crippen LogP contribution < -0.4 is 0 Å². The molecule has 0 saturated carbocycles. The highest BCUT2D eigenvalue weighted by Crippen LogP contribution is 1.99. The largest absolute Gasteiger partial charge is 0.382 e. The predicted octanol–water partition coefficient (Wildman–Crippen LogP) is 4.88. The lowest BCUT2D eigenvalue weighted by Gasteiger charge is -2.08. The Morgan fingerprint density at radius 3 is 1.73 bits per heavy atom. The van der Waals surface area contributed by atoms with E-state index in [1.165, 1.54) is 6.42 Å². The molecule has 0 amide bonds. The summed E-state index contributed by atoms with van der Waals surface area (Å²) in [5.41, 5.74) is 0. The van der Waals surface area contributed by atoms with Gasteiger partial charge in [0.25, 0.3) is 0 Å². The lowest BCUT2D eigenvalue weighted by Crippen LogP contribution is -2.08. The van der Waals surface area contributed by atoms with Crippen LogP contribution >= 0.6 is 0 Å². The summed E-state index contributed by atoms with van der Waals surface area (Å²) in [6, 6.07) is 0. The summed E-state index contributed by atoms with van der Waals surface area (Å²) in [5.74, 6) is 0.678. The van der Waals surface area contributed by atoms with E-state index in [1.807, 2.05) is 0 Å². The van der Waals surface area contributed by atoms with Gasteiger partial charge in [-0.15, -0.1) is 0 Å². The molecule has 0 aromatic rings. The van der Waals surface area contributed by atoms with E-state index in [1.54, 1.807) is 7.11 Å². The molecule has 0 aliphatic rings. The van der Waals surface area contributed by atoms with Gasteiger partial charge in [0, 0.05) is 13.7 Å². The Kier molecular flexibility index (Phi) is 70.7. The second kappa shape index (κ2) is 29.2. The van der Waals surface area contributed by atoms with Crippen LogP contribution in [0.4, 0.5) is 0 Å². The molecule has 1 unspecified atom stereocenters. The number of hydrogen-bond donors (Lipinski definition) is 0. The van der Waals surface area contributed by atoms with Crippen molar-refractivity contribution in [3.63, 3.8) is 0 Å². The van der Waals surface area contributed by atoms with Gasteiger partial charge in [-0.3, -0.25) is 0 Å². The average Bonchev–Trinajstić information content (AvgIpc) is 1.98. The third kappa shape index (κ3) is 31.5. The van der Waals surface area contributed by atoms with E-state index in [9.17, 15) is 0 Å². The molecule has 102 valence electrons. The number of hydrogen-bond acceptors (Lipinski definition) is 2. The quantitative estimate of drug-likeness (QED) is 0.601. The zero-order valence-electron chi connectivity index (χ0n) is 7.22. The summed E-state index contributed by atoms with van der Waals surface area (Å²) < 4.78 is 10.1. The van der Waals surface area contributed by atoms with E-state index in [0.29, 0.717) is 12.5 Å². The standard InChI is InChI=1S/C8H18O2.5CH4/c1-4-8(2)7-10-6-5-9-3;;;;;/h8H,4-7H2,1-3H3;5*1H4. The van der Waals surface area contributed by atoms with E-state index < -0.39 is 0 Å². The SMILES string of the molecule is C.C.C.C.C.CCC(C)COCCOC. The molecular formula is C13H38O2. The van der Waals surface area contributed by atoms with Crippen molar-refractivity contribution in [3.05, 3.63) is 0 Å². The van der Waals surface area contributed by atoms with Crippen LogP contribution in [0.3, 0.4) is 0 Å². The van der Waals surface area contributed by atoms with Crippen LogP contribution in [0.25, 0.3) is 0 Å². The fraction of sp³-hybridized carbons (Fsp3) is 1.00. The topological polar surface area (TPSA) is 18.5 Å². The van der Waals surface area contributed by atoms with Crippen molar-refractivity contribution < 1.29 is 9.47 Å². The monoisotopic (exact) mass is 226 g/mol. The zero-order chi connectivity index (χ0) is 7.82. The predicted molar refractivity (Wildman–Crippen MR) is 75.8 cm³/mol. The summed E-state index contributed by atoms with van der Waals surface area (Å²) >= 11 is 0. The van der Waals surface area contributed by atoms with Crippen LogP contribution in [-0.4, -0.2) is 26.9 Å². The summed E-state index contributed by atoms with van der Waals surface area (Å²) in [5, 5.41) is 0. The molecule has 1 atom stereocenters. The van der Waals surface area contributed by atoms with Crippen molar-refractivity contribution in [2.75, 3.05) is 26.9 Å². The van der Waals surface area contributed by atoms with Crippen molar-refractivity contribution in [1.29, 1.82) is 0 Å². The molecule has 0 spiro atoms. The van der Waals surface area contributed by atoms with E-state index in [2.05, 4.69) is 13.8 Å². The van der Waals surface area contributed by atoms with Gasteiger partial charge in [-0.05, 0) is 5.92 Å². The van der Waals surface area contributed by atoms with Crippen LogP contribution in [0.2, 0.25) is 0 Å². The van der Waals surface area contributed by atoms with Crippen molar-refractivity contribution in [2.45, 2.75) is 57.4 Å². The summed E-state index contributed by atoms with van der Waals surface area (Å²) in [4.78, 5) is 0. The maximum atomic E-state index is 5.30. The molecule has 0 fully saturated rings. The number of methoxy groups -OCH3 is 1. The minimum absolute atomic E-state index is 0. The van der Waals surface area contributed by atoms with Crippen LogP contribution in [0.15, 0.2) is 0 Å². The van der Waals surface area contributed by atoms with Gasteiger partial charge >= 0.3 is 0 Å². The highest BCUT2D eigenvalue weighted by molar-refractivity contribution is 4.45. The van der Waals surface area contributed by atoms with Crippen molar-refractivity contribution in [3.8, 4) is 0 Å². The highest BCUT2D eigenvalue weighted by atomic mass is 16.5. The van der Waals surface area contributed by atoms with Crippen molar-refractivity contribution in [1.82, 2.24) is 0 Å². The summed E-state index contributed by atoms with van der Waals surface area (Å²) in [7, 11) is 1.69. The minimum atomic E-state index is 0. The van der Waals surface area contributed by atoms with Crippen molar-refractivity contribution >= 4 is 0 Å². The molecule has 0 radical (unpaired) electrons. The van der Waals surface area contributed by atoms with E-state index in [-0.39, 0.29) is 37.1 Å². The van der Waals surface area contributed by atoms with Crippen molar-refractivity contribution in [2.24, 2.45) is 5.92 Å². The molecule has 0 saturated heterocycles. The van der Waals surface area contributed by atoms with E-state index in [4.69, 9.17) is 9.47 Å². The molecule has 0 rings (SSSR count). The fourth-order valence-electron chi connectivity index (χ4n) is 0.545. The Hall–Kier alpha value is -0.0800. The third-order valence-electron chi connectivity index (χ3n) is 1.53. The van der Waals surface area contributed by atoms with Gasteiger partial charge in [-0.1, -0.05) is 57.4 Å². The van der Waals surface area contributed by atoms with Crippen LogP contribution in [-0.2, 0) is 9.47 Å². The van der Waals surface area contributed by atoms with Gasteiger partial charge in [0.1, 0.15) is 0 Å². The van der Waals surface area contributed by atoms with E-state index >= 15 is 0 Å². The second-order valence-electron chi connectivity index (χ2n) is 2.58. The first-order chi connectivity index (χ1) is 4.81. The Bertz CT molecular complexity index is 65.6. The average molecular weight is 226 g/mol. The lowest BCUT2D eigenvalue weighted by atomic mass is 10.1. The minimum Gasteiger partial charge on any atom is -0.382 e. The molecule has 0 aromatic heterocycles. The normalized spacial score (nSPS) is 9.00.